The first kappa shape index (κ1) is 12.6. The van der Waals surface area contributed by atoms with Gasteiger partial charge in [-0.2, -0.15) is 0 Å². The second kappa shape index (κ2) is 5.67. The van der Waals surface area contributed by atoms with Gasteiger partial charge in [0.25, 0.3) is 0 Å². The Morgan fingerprint density at radius 1 is 1.50 bits per heavy atom. The summed E-state index contributed by atoms with van der Waals surface area (Å²) in [6.45, 7) is 4.89. The van der Waals surface area contributed by atoms with Gasteiger partial charge in [0.2, 0.25) is 5.91 Å². The zero-order chi connectivity index (χ0) is 13.0. The van der Waals surface area contributed by atoms with Gasteiger partial charge in [-0.1, -0.05) is 30.8 Å². The van der Waals surface area contributed by atoms with Crippen molar-refractivity contribution in [3.63, 3.8) is 0 Å². The first-order valence-corrected chi connectivity index (χ1v) is 6.18. The quantitative estimate of drug-likeness (QED) is 0.819. The highest BCUT2D eigenvalue weighted by atomic mass is 16.2. The molecule has 1 atom stereocenters. The normalized spacial score (nSPS) is 15.5. The van der Waals surface area contributed by atoms with Crippen molar-refractivity contribution in [2.45, 2.75) is 25.4 Å². The van der Waals surface area contributed by atoms with Crippen molar-refractivity contribution < 1.29 is 4.79 Å². The van der Waals surface area contributed by atoms with Crippen molar-refractivity contribution in [3.8, 4) is 0 Å². The van der Waals surface area contributed by atoms with Crippen LogP contribution in [0.5, 0.6) is 0 Å². The van der Waals surface area contributed by atoms with E-state index in [4.69, 9.17) is 5.73 Å². The summed E-state index contributed by atoms with van der Waals surface area (Å²) in [6.07, 6.45) is 3.12. The van der Waals surface area contributed by atoms with Crippen LogP contribution in [0.25, 0.3) is 0 Å². The Balaban J connectivity index is 2.04. The fourth-order valence-corrected chi connectivity index (χ4v) is 2.23. The molecule has 0 radical (unpaired) electrons. The summed E-state index contributed by atoms with van der Waals surface area (Å²) in [5.41, 5.74) is 11.1. The van der Waals surface area contributed by atoms with Crippen molar-refractivity contribution >= 4 is 5.91 Å². The molecule has 1 unspecified atom stereocenters. The minimum Gasteiger partial charge on any atom is -0.337 e. The van der Waals surface area contributed by atoms with Crippen LogP contribution >= 0.6 is 0 Å². The van der Waals surface area contributed by atoms with Gasteiger partial charge in [-0.05, 0) is 30.0 Å². The summed E-state index contributed by atoms with van der Waals surface area (Å²) >= 11 is 0. The van der Waals surface area contributed by atoms with Crippen LogP contribution in [0.2, 0.25) is 0 Å². The van der Waals surface area contributed by atoms with Crippen molar-refractivity contribution in [1.82, 2.24) is 4.90 Å². The summed E-state index contributed by atoms with van der Waals surface area (Å²) in [4.78, 5) is 14.0. The maximum Gasteiger partial charge on any atom is 0.240 e. The first-order valence-electron chi connectivity index (χ1n) is 6.18. The van der Waals surface area contributed by atoms with Gasteiger partial charge in [-0.3, -0.25) is 4.79 Å². The topological polar surface area (TPSA) is 46.3 Å². The highest BCUT2D eigenvalue weighted by Gasteiger charge is 2.23. The number of hydrogen-bond donors (Lipinski definition) is 1. The van der Waals surface area contributed by atoms with E-state index in [1.54, 1.807) is 6.08 Å². The first-order chi connectivity index (χ1) is 8.72. The third kappa shape index (κ3) is 2.70. The van der Waals surface area contributed by atoms with Crippen molar-refractivity contribution in [2.75, 3.05) is 6.54 Å². The van der Waals surface area contributed by atoms with Gasteiger partial charge >= 0.3 is 0 Å². The number of nitrogens with zero attached hydrogens (tertiary/aromatic N) is 1. The van der Waals surface area contributed by atoms with Gasteiger partial charge < -0.3 is 10.6 Å². The number of carbonyl (C=O) groups excluding carboxylic acids is 1. The molecule has 1 aliphatic rings. The van der Waals surface area contributed by atoms with Gasteiger partial charge in [-0.25, -0.2) is 0 Å². The lowest BCUT2D eigenvalue weighted by Gasteiger charge is -2.30. The Morgan fingerprint density at radius 3 is 2.94 bits per heavy atom. The lowest BCUT2D eigenvalue weighted by atomic mass is 9.99. The van der Waals surface area contributed by atoms with Crippen LogP contribution in [0, 0.1) is 0 Å². The van der Waals surface area contributed by atoms with Crippen molar-refractivity contribution in [3.05, 3.63) is 53.8 Å². The molecule has 1 aromatic rings. The molecular weight excluding hydrogens is 224 g/mol. The standard InChI is InChI=1S/C15H18N2O/c1-2-3-8-14(16)15(18)17-10-9-12-6-4-5-7-13(12)11-17/h3-7,14H,1,8-11,16H2. The van der Waals surface area contributed by atoms with Gasteiger partial charge in [0.15, 0.2) is 0 Å². The Hall–Kier alpha value is -1.83. The van der Waals surface area contributed by atoms with Crippen molar-refractivity contribution in [1.29, 1.82) is 0 Å². The van der Waals surface area contributed by atoms with E-state index in [0.717, 1.165) is 13.0 Å². The SMILES string of the molecule is C=C=CCC(N)C(=O)N1CCc2ccccc2C1. The minimum atomic E-state index is -0.482. The molecule has 1 aromatic carbocycles. The number of fused-ring (bicyclic) bond motifs is 1. The van der Waals surface area contributed by atoms with Gasteiger partial charge in [-0.15, -0.1) is 5.73 Å². The second-order valence-corrected chi connectivity index (χ2v) is 4.53. The van der Waals surface area contributed by atoms with E-state index in [9.17, 15) is 4.79 Å². The predicted octanol–water partition coefficient (Wildman–Crippen LogP) is 1.63. The number of carbonyl (C=O) groups is 1. The summed E-state index contributed by atoms with van der Waals surface area (Å²) in [5.74, 6) is 0.0102. The smallest absolute Gasteiger partial charge is 0.240 e. The molecule has 18 heavy (non-hydrogen) atoms. The van der Waals surface area contributed by atoms with Gasteiger partial charge in [0.05, 0.1) is 6.04 Å². The summed E-state index contributed by atoms with van der Waals surface area (Å²) in [5, 5.41) is 0. The number of nitrogens with two attached hydrogens (primary N) is 1. The van der Waals surface area contributed by atoms with Crippen LogP contribution in [-0.2, 0) is 17.8 Å². The Labute approximate surface area is 108 Å². The van der Waals surface area contributed by atoms with Gasteiger partial charge in [0, 0.05) is 13.1 Å². The third-order valence-electron chi connectivity index (χ3n) is 3.28. The molecule has 0 aromatic heterocycles. The van der Waals surface area contributed by atoms with Crippen LogP contribution in [0.1, 0.15) is 17.5 Å². The molecule has 0 bridgehead atoms. The molecule has 0 saturated carbocycles. The molecular formula is C15H18N2O. The van der Waals surface area contributed by atoms with Crippen molar-refractivity contribution in [2.24, 2.45) is 5.73 Å². The van der Waals surface area contributed by atoms with Crippen LogP contribution in [-0.4, -0.2) is 23.4 Å². The lowest BCUT2D eigenvalue weighted by Crippen LogP contribution is -2.45. The second-order valence-electron chi connectivity index (χ2n) is 4.53. The van der Waals surface area contributed by atoms with E-state index in [-0.39, 0.29) is 5.91 Å². The van der Waals surface area contributed by atoms with Crippen LogP contribution < -0.4 is 5.73 Å². The molecule has 0 aliphatic carbocycles. The largest absolute Gasteiger partial charge is 0.337 e. The Morgan fingerprint density at radius 2 is 2.22 bits per heavy atom. The molecule has 2 rings (SSSR count). The average Bonchev–Trinajstić information content (AvgIpc) is 2.43. The molecule has 1 amide bonds. The monoisotopic (exact) mass is 242 g/mol. The molecule has 3 heteroatoms. The van der Waals surface area contributed by atoms with E-state index in [1.165, 1.54) is 11.1 Å². The maximum absolute atomic E-state index is 12.1. The summed E-state index contributed by atoms with van der Waals surface area (Å²) in [6, 6.07) is 7.76. The molecule has 1 heterocycles. The van der Waals surface area contributed by atoms with E-state index >= 15 is 0 Å². The average molecular weight is 242 g/mol. The Kier molecular flexibility index (Phi) is 3.98. The molecule has 0 spiro atoms. The zero-order valence-electron chi connectivity index (χ0n) is 10.4. The number of benzene rings is 1. The fourth-order valence-electron chi connectivity index (χ4n) is 2.23. The summed E-state index contributed by atoms with van der Waals surface area (Å²) in [7, 11) is 0. The van der Waals surface area contributed by atoms with E-state index in [1.807, 2.05) is 17.0 Å². The molecule has 94 valence electrons. The zero-order valence-corrected chi connectivity index (χ0v) is 10.4. The van der Waals surface area contributed by atoms with E-state index < -0.39 is 6.04 Å². The molecule has 2 N–H and O–H groups in total. The van der Waals surface area contributed by atoms with E-state index in [2.05, 4.69) is 24.4 Å². The minimum absolute atomic E-state index is 0.0102. The molecule has 1 aliphatic heterocycles. The van der Waals surface area contributed by atoms with E-state index in [0.29, 0.717) is 13.0 Å². The fraction of sp³-hybridized carbons (Fsp3) is 0.333. The summed E-state index contributed by atoms with van der Waals surface area (Å²) < 4.78 is 0. The van der Waals surface area contributed by atoms with Crippen LogP contribution in [0.4, 0.5) is 0 Å². The molecule has 0 fully saturated rings. The predicted molar refractivity (Wildman–Crippen MR) is 71.9 cm³/mol. The van der Waals surface area contributed by atoms with Crippen LogP contribution in [0.3, 0.4) is 0 Å². The highest BCUT2D eigenvalue weighted by Crippen LogP contribution is 2.19. The number of amides is 1. The molecule has 3 nitrogen and oxygen atoms in total. The lowest BCUT2D eigenvalue weighted by molar-refractivity contribution is -0.133. The van der Waals surface area contributed by atoms with Gasteiger partial charge in [0.1, 0.15) is 0 Å². The maximum atomic E-state index is 12.1. The molecule has 0 saturated heterocycles. The highest BCUT2D eigenvalue weighted by molar-refractivity contribution is 5.82. The number of hydrogen-bond acceptors (Lipinski definition) is 2. The third-order valence-corrected chi connectivity index (χ3v) is 3.28. The number of rotatable bonds is 3. The van der Waals surface area contributed by atoms with Crippen LogP contribution in [0.15, 0.2) is 42.7 Å². The Bertz CT molecular complexity index is 489.